The molecule has 22 heavy (non-hydrogen) atoms. The molecule has 0 unspecified atom stereocenters. The summed E-state index contributed by atoms with van der Waals surface area (Å²) >= 11 is 0. The molecule has 1 N–H and O–H groups in total. The van der Waals surface area contributed by atoms with Crippen LogP contribution >= 0.6 is 0 Å². The molecule has 6 nitrogen and oxygen atoms in total. The number of carbonyl (C=O) groups is 2. The van der Waals surface area contributed by atoms with Gasteiger partial charge in [-0.3, -0.25) is 9.59 Å². The van der Waals surface area contributed by atoms with Crippen LogP contribution in [0.15, 0.2) is 18.3 Å². The minimum atomic E-state index is -0.166. The Morgan fingerprint density at radius 1 is 1.45 bits per heavy atom. The van der Waals surface area contributed by atoms with Gasteiger partial charge in [0.1, 0.15) is 5.82 Å². The van der Waals surface area contributed by atoms with Crippen LogP contribution in [0, 0.1) is 5.92 Å². The summed E-state index contributed by atoms with van der Waals surface area (Å²) in [4.78, 5) is 29.9. The number of nitrogens with zero attached hydrogens (tertiary/aromatic N) is 2. The van der Waals surface area contributed by atoms with Gasteiger partial charge in [-0.25, -0.2) is 4.98 Å². The Morgan fingerprint density at radius 3 is 2.91 bits per heavy atom. The number of hydrogen-bond acceptors (Lipinski definition) is 5. The van der Waals surface area contributed by atoms with Gasteiger partial charge in [0.15, 0.2) is 0 Å². The van der Waals surface area contributed by atoms with Crippen LogP contribution in [0.2, 0.25) is 0 Å². The molecule has 0 radical (unpaired) electrons. The second kappa shape index (κ2) is 7.77. The highest BCUT2D eigenvalue weighted by molar-refractivity contribution is 5.94. The minimum Gasteiger partial charge on any atom is -0.469 e. The van der Waals surface area contributed by atoms with Gasteiger partial charge in [-0.15, -0.1) is 0 Å². The van der Waals surface area contributed by atoms with E-state index in [0.717, 1.165) is 31.6 Å². The Balaban J connectivity index is 2.00. The summed E-state index contributed by atoms with van der Waals surface area (Å²) in [6, 6.07) is 3.61. The monoisotopic (exact) mass is 305 g/mol. The van der Waals surface area contributed by atoms with Crippen LogP contribution in [0.25, 0.3) is 0 Å². The van der Waals surface area contributed by atoms with E-state index >= 15 is 0 Å². The number of carbonyl (C=O) groups excluding carboxylic acids is 2. The van der Waals surface area contributed by atoms with Gasteiger partial charge in [-0.2, -0.15) is 0 Å². The quantitative estimate of drug-likeness (QED) is 0.837. The average Bonchev–Trinajstić information content (AvgIpc) is 2.59. The van der Waals surface area contributed by atoms with Crippen molar-refractivity contribution in [2.24, 2.45) is 5.92 Å². The fourth-order valence-corrected chi connectivity index (χ4v) is 2.59. The van der Waals surface area contributed by atoms with Crippen LogP contribution in [-0.2, 0) is 9.53 Å². The van der Waals surface area contributed by atoms with Crippen molar-refractivity contribution in [2.75, 3.05) is 31.6 Å². The number of rotatable bonds is 5. The lowest BCUT2D eigenvalue weighted by molar-refractivity contribution is -0.145. The normalized spacial score (nSPS) is 17.9. The molecule has 0 aliphatic carbocycles. The zero-order valence-corrected chi connectivity index (χ0v) is 13.2. The largest absolute Gasteiger partial charge is 0.469 e. The second-order valence-corrected chi connectivity index (χ2v) is 5.47. The van der Waals surface area contributed by atoms with Crippen molar-refractivity contribution in [3.63, 3.8) is 0 Å². The van der Waals surface area contributed by atoms with Crippen LogP contribution in [0.3, 0.4) is 0 Å². The van der Waals surface area contributed by atoms with E-state index in [1.807, 2.05) is 13.0 Å². The number of anilines is 1. The van der Waals surface area contributed by atoms with Crippen molar-refractivity contribution in [3.05, 3.63) is 23.9 Å². The van der Waals surface area contributed by atoms with Crippen molar-refractivity contribution in [1.29, 1.82) is 0 Å². The zero-order chi connectivity index (χ0) is 15.9. The van der Waals surface area contributed by atoms with Gasteiger partial charge in [0, 0.05) is 25.8 Å². The number of aromatic nitrogens is 1. The third kappa shape index (κ3) is 3.96. The Bertz CT molecular complexity index is 516. The summed E-state index contributed by atoms with van der Waals surface area (Å²) in [5, 5.41) is 2.82. The van der Waals surface area contributed by atoms with E-state index < -0.39 is 0 Å². The van der Waals surface area contributed by atoms with Crippen LogP contribution < -0.4 is 10.2 Å². The van der Waals surface area contributed by atoms with E-state index in [-0.39, 0.29) is 17.8 Å². The van der Waals surface area contributed by atoms with Crippen molar-refractivity contribution in [1.82, 2.24) is 10.3 Å². The highest BCUT2D eigenvalue weighted by Crippen LogP contribution is 2.22. The topological polar surface area (TPSA) is 71.5 Å². The number of piperidine rings is 1. The van der Waals surface area contributed by atoms with Crippen molar-refractivity contribution < 1.29 is 14.3 Å². The number of methoxy groups -OCH3 is 1. The maximum Gasteiger partial charge on any atom is 0.310 e. The molecule has 2 rings (SSSR count). The summed E-state index contributed by atoms with van der Waals surface area (Å²) in [6.45, 7) is 4.14. The van der Waals surface area contributed by atoms with Gasteiger partial charge in [-0.1, -0.05) is 6.92 Å². The average molecular weight is 305 g/mol. The van der Waals surface area contributed by atoms with Gasteiger partial charge in [0.2, 0.25) is 0 Å². The van der Waals surface area contributed by atoms with E-state index in [9.17, 15) is 9.59 Å². The first-order chi connectivity index (χ1) is 10.7. The molecule has 1 aliphatic rings. The van der Waals surface area contributed by atoms with Crippen molar-refractivity contribution >= 4 is 17.7 Å². The summed E-state index contributed by atoms with van der Waals surface area (Å²) in [7, 11) is 1.42. The van der Waals surface area contributed by atoms with E-state index in [1.165, 1.54) is 7.11 Å². The molecule has 0 bridgehead atoms. The second-order valence-electron chi connectivity index (χ2n) is 5.47. The van der Waals surface area contributed by atoms with Crippen molar-refractivity contribution in [2.45, 2.75) is 26.2 Å². The first-order valence-electron chi connectivity index (χ1n) is 7.72. The number of hydrogen-bond donors (Lipinski definition) is 1. The van der Waals surface area contributed by atoms with Crippen LogP contribution in [0.4, 0.5) is 5.82 Å². The lowest BCUT2D eigenvalue weighted by Gasteiger charge is -2.32. The molecule has 1 aliphatic heterocycles. The molecule has 1 aromatic rings. The SMILES string of the molecule is CCCNC(=O)c1ccc(N2CCC[C@@H](C(=O)OC)C2)nc1. The number of amides is 1. The highest BCUT2D eigenvalue weighted by Gasteiger charge is 2.27. The fourth-order valence-electron chi connectivity index (χ4n) is 2.59. The Kier molecular flexibility index (Phi) is 5.75. The fraction of sp³-hybridized carbons (Fsp3) is 0.562. The van der Waals surface area contributed by atoms with Crippen LogP contribution in [-0.4, -0.2) is 43.6 Å². The van der Waals surface area contributed by atoms with Gasteiger partial charge >= 0.3 is 5.97 Å². The molecule has 1 atom stereocenters. The molecule has 1 amide bonds. The summed E-state index contributed by atoms with van der Waals surface area (Å²) < 4.78 is 4.82. The van der Waals surface area contributed by atoms with Gasteiger partial charge in [0.25, 0.3) is 5.91 Å². The molecule has 120 valence electrons. The van der Waals surface area contributed by atoms with Crippen molar-refractivity contribution in [3.8, 4) is 0 Å². The molecular weight excluding hydrogens is 282 g/mol. The van der Waals surface area contributed by atoms with Gasteiger partial charge in [-0.05, 0) is 31.4 Å². The molecule has 1 aromatic heterocycles. The predicted molar refractivity (Wildman–Crippen MR) is 83.8 cm³/mol. The molecular formula is C16H23N3O3. The first kappa shape index (κ1) is 16.3. The first-order valence-corrected chi connectivity index (χ1v) is 7.72. The van der Waals surface area contributed by atoms with Crippen LogP contribution in [0.5, 0.6) is 0 Å². The van der Waals surface area contributed by atoms with Crippen LogP contribution in [0.1, 0.15) is 36.5 Å². The standard InChI is InChI=1S/C16H23N3O3/c1-3-8-17-15(20)12-6-7-14(18-10-12)19-9-4-5-13(11-19)16(21)22-2/h6-7,10,13H,3-5,8-9,11H2,1-2H3,(H,17,20)/t13-/m1/s1. The lowest BCUT2D eigenvalue weighted by atomic mass is 9.98. The Labute approximate surface area is 130 Å². The maximum atomic E-state index is 11.8. The third-order valence-corrected chi connectivity index (χ3v) is 3.83. The molecule has 1 fully saturated rings. The summed E-state index contributed by atoms with van der Waals surface area (Å²) in [5.41, 5.74) is 0.554. The zero-order valence-electron chi connectivity index (χ0n) is 13.2. The molecule has 6 heteroatoms. The molecule has 0 saturated carbocycles. The van der Waals surface area contributed by atoms with E-state index in [4.69, 9.17) is 4.74 Å². The minimum absolute atomic E-state index is 0.104. The summed E-state index contributed by atoms with van der Waals surface area (Å²) in [6.07, 6.45) is 4.27. The number of nitrogens with one attached hydrogen (secondary N) is 1. The molecule has 0 aromatic carbocycles. The van der Waals surface area contributed by atoms with Gasteiger partial charge in [0.05, 0.1) is 18.6 Å². The Morgan fingerprint density at radius 2 is 2.27 bits per heavy atom. The predicted octanol–water partition coefficient (Wildman–Crippen LogP) is 1.61. The molecule has 0 spiro atoms. The Hall–Kier alpha value is -2.11. The van der Waals surface area contributed by atoms with E-state index in [1.54, 1.807) is 12.3 Å². The maximum absolute atomic E-state index is 11.8. The third-order valence-electron chi connectivity index (χ3n) is 3.83. The lowest BCUT2D eigenvalue weighted by Crippen LogP contribution is -2.39. The van der Waals surface area contributed by atoms with E-state index in [2.05, 4.69) is 15.2 Å². The highest BCUT2D eigenvalue weighted by atomic mass is 16.5. The molecule has 2 heterocycles. The number of pyridine rings is 1. The van der Waals surface area contributed by atoms with Gasteiger partial charge < -0.3 is 15.0 Å². The summed E-state index contributed by atoms with van der Waals surface area (Å²) in [5.74, 6) is 0.418. The number of esters is 1. The smallest absolute Gasteiger partial charge is 0.310 e. The van der Waals surface area contributed by atoms with E-state index in [0.29, 0.717) is 18.7 Å². The number of ether oxygens (including phenoxy) is 1. The molecule has 1 saturated heterocycles.